The third kappa shape index (κ3) is 3.32. The van der Waals surface area contributed by atoms with Gasteiger partial charge in [0.15, 0.2) is 5.41 Å². The molecule has 1 atom stereocenters. The summed E-state index contributed by atoms with van der Waals surface area (Å²) in [5.41, 5.74) is -2.69. The largest absolute Gasteiger partial charge is 0.481 e. The number of alkyl halides is 3. The Labute approximate surface area is 156 Å². The highest BCUT2D eigenvalue weighted by Crippen LogP contribution is 2.46. The van der Waals surface area contributed by atoms with Crippen molar-refractivity contribution in [3.63, 3.8) is 0 Å². The second kappa shape index (κ2) is 6.88. The quantitative estimate of drug-likeness (QED) is 0.791. The monoisotopic (exact) mass is 399 g/mol. The molecule has 28 heavy (non-hydrogen) atoms. The van der Waals surface area contributed by atoms with Gasteiger partial charge in [0.2, 0.25) is 0 Å². The van der Waals surface area contributed by atoms with Gasteiger partial charge in [0.05, 0.1) is 5.56 Å². The first-order chi connectivity index (χ1) is 13.0. The van der Waals surface area contributed by atoms with Crippen molar-refractivity contribution in [2.75, 3.05) is 13.1 Å². The van der Waals surface area contributed by atoms with E-state index in [2.05, 4.69) is 0 Å². The molecule has 0 aromatic heterocycles. The third-order valence-electron chi connectivity index (χ3n) is 4.89. The van der Waals surface area contributed by atoms with Crippen molar-refractivity contribution >= 4 is 11.9 Å². The van der Waals surface area contributed by atoms with Crippen LogP contribution in [0.15, 0.2) is 42.5 Å². The summed E-state index contributed by atoms with van der Waals surface area (Å²) >= 11 is 0. The highest BCUT2D eigenvalue weighted by atomic mass is 19.4. The number of carboxylic acid groups (broad SMARTS) is 1. The molecule has 2 aromatic rings. The van der Waals surface area contributed by atoms with E-state index in [1.54, 1.807) is 0 Å². The second-order valence-corrected chi connectivity index (χ2v) is 6.56. The maximum atomic E-state index is 14.4. The maximum absolute atomic E-state index is 14.4. The number of halogens is 5. The normalized spacial score (nSPS) is 19.7. The Morgan fingerprint density at radius 2 is 1.61 bits per heavy atom. The topological polar surface area (TPSA) is 57.6 Å². The number of likely N-dealkylation sites (tertiary alicyclic amines) is 1. The number of amides is 1. The van der Waals surface area contributed by atoms with Crippen LogP contribution in [0.25, 0.3) is 11.1 Å². The highest BCUT2D eigenvalue weighted by Gasteiger charge is 2.64. The molecule has 9 heteroatoms. The zero-order chi connectivity index (χ0) is 20.7. The number of rotatable bonds is 3. The van der Waals surface area contributed by atoms with E-state index < -0.39 is 60.2 Å². The number of benzene rings is 2. The predicted molar refractivity (Wildman–Crippen MR) is 88.4 cm³/mol. The van der Waals surface area contributed by atoms with Crippen molar-refractivity contribution in [3.8, 4) is 11.1 Å². The van der Waals surface area contributed by atoms with E-state index >= 15 is 0 Å². The molecule has 148 valence electrons. The molecule has 4 nitrogen and oxygen atoms in total. The first-order valence-corrected chi connectivity index (χ1v) is 8.20. The summed E-state index contributed by atoms with van der Waals surface area (Å²) in [5.74, 6) is -4.53. The van der Waals surface area contributed by atoms with Crippen molar-refractivity contribution in [1.29, 1.82) is 0 Å². The van der Waals surface area contributed by atoms with E-state index in [9.17, 15) is 31.5 Å². The molecule has 1 fully saturated rings. The fourth-order valence-corrected chi connectivity index (χ4v) is 3.19. The molecule has 3 rings (SSSR count). The molecule has 1 unspecified atom stereocenters. The van der Waals surface area contributed by atoms with Crippen LogP contribution in [0.5, 0.6) is 0 Å². The second-order valence-electron chi connectivity index (χ2n) is 6.56. The van der Waals surface area contributed by atoms with Crippen molar-refractivity contribution < 1.29 is 36.6 Å². The van der Waals surface area contributed by atoms with E-state index in [-0.39, 0.29) is 0 Å². The first kappa shape index (κ1) is 19.8. The standard InChI is InChI=1S/C19H14F5NO3/c20-13-4-1-11(2-5-13)12-3-6-14(15(21)9-12)16(26)25-8-7-18(10-25,17(27)28)19(22,23)24/h1-6,9H,7-8,10H2,(H,27,28). The average Bonchev–Trinajstić information content (AvgIpc) is 3.08. The molecule has 1 aliphatic heterocycles. The highest BCUT2D eigenvalue weighted by molar-refractivity contribution is 5.96. The van der Waals surface area contributed by atoms with Gasteiger partial charge in [-0.15, -0.1) is 0 Å². The van der Waals surface area contributed by atoms with Crippen LogP contribution < -0.4 is 0 Å². The Bertz CT molecular complexity index is 926. The Morgan fingerprint density at radius 3 is 2.11 bits per heavy atom. The van der Waals surface area contributed by atoms with Gasteiger partial charge < -0.3 is 10.0 Å². The molecular formula is C19H14F5NO3. The van der Waals surface area contributed by atoms with Gasteiger partial charge in [0.1, 0.15) is 11.6 Å². The molecule has 0 aliphatic carbocycles. The summed E-state index contributed by atoms with van der Waals surface area (Å²) in [5, 5.41) is 9.05. The van der Waals surface area contributed by atoms with Crippen LogP contribution in [-0.2, 0) is 4.79 Å². The molecule has 2 aromatic carbocycles. The lowest BCUT2D eigenvalue weighted by atomic mass is 9.86. The van der Waals surface area contributed by atoms with Crippen LogP contribution in [-0.4, -0.2) is 41.1 Å². The molecular weight excluding hydrogens is 385 g/mol. The fraction of sp³-hybridized carbons (Fsp3) is 0.263. The minimum absolute atomic E-state index is 0.352. The summed E-state index contributed by atoms with van der Waals surface area (Å²) in [6.07, 6.45) is -5.84. The van der Waals surface area contributed by atoms with Gasteiger partial charge in [-0.3, -0.25) is 9.59 Å². The fourth-order valence-electron chi connectivity index (χ4n) is 3.19. The van der Waals surface area contributed by atoms with Gasteiger partial charge in [-0.1, -0.05) is 18.2 Å². The lowest BCUT2D eigenvalue weighted by molar-refractivity contribution is -0.227. The molecule has 1 N–H and O–H groups in total. The van der Waals surface area contributed by atoms with E-state index in [1.165, 1.54) is 30.3 Å². The number of aliphatic carboxylic acids is 1. The van der Waals surface area contributed by atoms with E-state index in [0.29, 0.717) is 16.0 Å². The van der Waals surface area contributed by atoms with Crippen molar-refractivity contribution in [2.24, 2.45) is 5.41 Å². The Morgan fingerprint density at radius 1 is 1.00 bits per heavy atom. The van der Waals surface area contributed by atoms with E-state index in [4.69, 9.17) is 5.11 Å². The summed E-state index contributed by atoms with van der Waals surface area (Å²) in [6.45, 7) is -1.53. The van der Waals surface area contributed by atoms with Gasteiger partial charge in [-0.25, -0.2) is 8.78 Å². The molecule has 1 heterocycles. The molecule has 0 spiro atoms. The van der Waals surface area contributed by atoms with E-state index in [1.807, 2.05) is 0 Å². The van der Waals surface area contributed by atoms with Gasteiger partial charge in [-0.05, 0) is 41.8 Å². The summed E-state index contributed by atoms with van der Waals surface area (Å²) < 4.78 is 67.1. The lowest BCUT2D eigenvalue weighted by Gasteiger charge is -2.27. The minimum atomic E-state index is -5.04. The summed E-state index contributed by atoms with van der Waals surface area (Å²) in [4.78, 5) is 24.4. The van der Waals surface area contributed by atoms with Crippen LogP contribution >= 0.6 is 0 Å². The van der Waals surface area contributed by atoms with Gasteiger partial charge >= 0.3 is 12.1 Å². The van der Waals surface area contributed by atoms with Crippen LogP contribution in [0.1, 0.15) is 16.8 Å². The van der Waals surface area contributed by atoms with Crippen molar-refractivity contribution in [3.05, 3.63) is 59.7 Å². The zero-order valence-corrected chi connectivity index (χ0v) is 14.3. The van der Waals surface area contributed by atoms with Crippen molar-refractivity contribution in [2.45, 2.75) is 12.6 Å². The van der Waals surface area contributed by atoms with Crippen LogP contribution in [0.4, 0.5) is 22.0 Å². The number of carbonyl (C=O) groups excluding carboxylic acids is 1. The molecule has 0 saturated carbocycles. The number of hydrogen-bond acceptors (Lipinski definition) is 2. The molecule has 0 bridgehead atoms. The van der Waals surface area contributed by atoms with Gasteiger partial charge in [-0.2, -0.15) is 13.2 Å². The number of carbonyl (C=O) groups is 2. The number of carboxylic acids is 1. The molecule has 0 radical (unpaired) electrons. The summed E-state index contributed by atoms with van der Waals surface area (Å²) in [7, 11) is 0. The van der Waals surface area contributed by atoms with E-state index in [0.717, 1.165) is 12.1 Å². The Balaban J connectivity index is 1.85. The maximum Gasteiger partial charge on any atom is 0.406 e. The average molecular weight is 399 g/mol. The smallest absolute Gasteiger partial charge is 0.406 e. The number of nitrogens with zero attached hydrogens (tertiary/aromatic N) is 1. The molecule has 1 aliphatic rings. The predicted octanol–water partition coefficient (Wildman–Crippen LogP) is 4.11. The zero-order valence-electron chi connectivity index (χ0n) is 14.3. The Hall–Kier alpha value is -2.97. The number of hydrogen-bond donors (Lipinski definition) is 1. The molecule has 1 amide bonds. The summed E-state index contributed by atoms with van der Waals surface area (Å²) in [6, 6.07) is 8.70. The first-order valence-electron chi connectivity index (χ1n) is 8.20. The lowest BCUT2D eigenvalue weighted by Crippen LogP contribution is -2.47. The Kier molecular flexibility index (Phi) is 4.86. The third-order valence-corrected chi connectivity index (χ3v) is 4.89. The minimum Gasteiger partial charge on any atom is -0.481 e. The molecule has 1 saturated heterocycles. The SMILES string of the molecule is O=C(c1ccc(-c2ccc(F)cc2)cc1F)N1CCC(C(=O)O)(C(F)(F)F)C1. The van der Waals surface area contributed by atoms with Crippen LogP contribution in [0.2, 0.25) is 0 Å². The van der Waals surface area contributed by atoms with Crippen LogP contribution in [0, 0.1) is 17.0 Å². The van der Waals surface area contributed by atoms with Crippen molar-refractivity contribution in [1.82, 2.24) is 4.90 Å². The van der Waals surface area contributed by atoms with Gasteiger partial charge in [0.25, 0.3) is 5.91 Å². The van der Waals surface area contributed by atoms with Gasteiger partial charge in [0, 0.05) is 13.1 Å². The van der Waals surface area contributed by atoms with Crippen LogP contribution in [0.3, 0.4) is 0 Å².